The van der Waals surface area contributed by atoms with Crippen LogP contribution in [-0.2, 0) is 4.79 Å². The van der Waals surface area contributed by atoms with Crippen molar-refractivity contribution in [2.45, 2.75) is 31.7 Å². The van der Waals surface area contributed by atoms with Crippen molar-refractivity contribution in [3.8, 4) is 5.75 Å². The number of hydrogen-bond donors (Lipinski definition) is 0. The van der Waals surface area contributed by atoms with Crippen LogP contribution in [0.1, 0.15) is 43.4 Å². The Morgan fingerprint density at radius 3 is 2.63 bits per heavy atom. The van der Waals surface area contributed by atoms with Gasteiger partial charge in [-0.3, -0.25) is 9.69 Å². The first-order valence-electron chi connectivity index (χ1n) is 9.34. The largest absolute Gasteiger partial charge is 0.484 e. The highest BCUT2D eigenvalue weighted by atomic mass is 19.1. The van der Waals surface area contributed by atoms with Crippen molar-refractivity contribution >= 4 is 5.91 Å². The smallest absolute Gasteiger partial charge is 0.260 e. The van der Waals surface area contributed by atoms with Gasteiger partial charge in [0.2, 0.25) is 5.89 Å². The third-order valence-electron chi connectivity index (χ3n) is 5.15. The van der Waals surface area contributed by atoms with Gasteiger partial charge in [0, 0.05) is 32.1 Å². The highest BCUT2D eigenvalue weighted by Crippen LogP contribution is 2.38. The summed E-state index contributed by atoms with van der Waals surface area (Å²) in [5, 5.41) is 4.08. The van der Waals surface area contributed by atoms with Crippen LogP contribution in [0.25, 0.3) is 0 Å². The molecule has 1 atom stereocenters. The van der Waals surface area contributed by atoms with Crippen molar-refractivity contribution in [1.29, 1.82) is 0 Å². The van der Waals surface area contributed by atoms with E-state index in [2.05, 4.69) is 22.0 Å². The van der Waals surface area contributed by atoms with Crippen LogP contribution < -0.4 is 4.74 Å². The molecule has 27 heavy (non-hydrogen) atoms. The second-order valence-electron chi connectivity index (χ2n) is 7.10. The van der Waals surface area contributed by atoms with Crippen LogP contribution in [0.4, 0.5) is 4.39 Å². The summed E-state index contributed by atoms with van der Waals surface area (Å²) in [6, 6.07) is 5.70. The molecule has 8 heteroatoms. The van der Waals surface area contributed by atoms with Crippen molar-refractivity contribution in [3.63, 3.8) is 0 Å². The molecule has 0 N–H and O–H groups in total. The minimum Gasteiger partial charge on any atom is -0.484 e. The Labute approximate surface area is 157 Å². The van der Waals surface area contributed by atoms with Crippen molar-refractivity contribution in [2.75, 3.05) is 32.8 Å². The van der Waals surface area contributed by atoms with Gasteiger partial charge < -0.3 is 14.2 Å². The Balaban J connectivity index is 1.25. The Bertz CT molecular complexity index is 783. The van der Waals surface area contributed by atoms with Gasteiger partial charge in [-0.15, -0.1) is 0 Å². The standard InChI is InChI=1S/C19H23FN4O3/c1-13(19-21-18(22-27-19)14-2-3-14)23-8-10-24(11-9-23)17(25)12-26-16-6-4-15(20)5-7-16/h4-7,13-14H,2-3,8-12H2,1H3. The first-order valence-corrected chi connectivity index (χ1v) is 9.34. The fraction of sp³-hybridized carbons (Fsp3) is 0.526. The Morgan fingerprint density at radius 1 is 1.26 bits per heavy atom. The van der Waals surface area contributed by atoms with Gasteiger partial charge in [-0.25, -0.2) is 4.39 Å². The first kappa shape index (κ1) is 17.9. The molecular weight excluding hydrogens is 351 g/mol. The number of nitrogens with zero attached hydrogens (tertiary/aromatic N) is 4. The Morgan fingerprint density at radius 2 is 1.96 bits per heavy atom. The van der Waals surface area contributed by atoms with Gasteiger partial charge in [0.25, 0.3) is 5.91 Å². The van der Waals surface area contributed by atoms with Gasteiger partial charge in [-0.2, -0.15) is 4.98 Å². The Hall–Kier alpha value is -2.48. The van der Waals surface area contributed by atoms with E-state index < -0.39 is 0 Å². The van der Waals surface area contributed by atoms with Gasteiger partial charge in [-0.1, -0.05) is 5.16 Å². The van der Waals surface area contributed by atoms with E-state index in [9.17, 15) is 9.18 Å². The molecule has 1 amide bonds. The molecule has 2 heterocycles. The molecule has 1 saturated heterocycles. The summed E-state index contributed by atoms with van der Waals surface area (Å²) < 4.78 is 23.8. The molecule has 1 aromatic carbocycles. The van der Waals surface area contributed by atoms with Gasteiger partial charge in [0.05, 0.1) is 6.04 Å². The van der Waals surface area contributed by atoms with E-state index in [-0.39, 0.29) is 24.4 Å². The maximum Gasteiger partial charge on any atom is 0.260 e. The molecule has 1 saturated carbocycles. The highest BCUT2D eigenvalue weighted by Gasteiger charge is 2.32. The average molecular weight is 374 g/mol. The van der Waals surface area contributed by atoms with Gasteiger partial charge in [0.1, 0.15) is 11.6 Å². The second-order valence-corrected chi connectivity index (χ2v) is 7.10. The summed E-state index contributed by atoms with van der Waals surface area (Å²) in [7, 11) is 0. The van der Waals surface area contributed by atoms with Gasteiger partial charge in [0.15, 0.2) is 12.4 Å². The summed E-state index contributed by atoms with van der Waals surface area (Å²) in [6.45, 7) is 4.74. The number of amides is 1. The molecule has 1 aliphatic heterocycles. The normalized spacial score (nSPS) is 19.1. The number of ether oxygens (including phenoxy) is 1. The SMILES string of the molecule is CC(c1nc(C2CC2)no1)N1CCN(C(=O)COc2ccc(F)cc2)CC1. The molecule has 7 nitrogen and oxygen atoms in total. The van der Waals surface area contributed by atoms with Crippen molar-refractivity contribution in [3.05, 3.63) is 41.8 Å². The number of halogens is 1. The summed E-state index contributed by atoms with van der Waals surface area (Å²) in [4.78, 5) is 20.9. The minimum atomic E-state index is -0.329. The summed E-state index contributed by atoms with van der Waals surface area (Å²) >= 11 is 0. The number of piperazine rings is 1. The lowest BCUT2D eigenvalue weighted by Crippen LogP contribution is -2.50. The molecule has 0 bridgehead atoms. The van der Waals surface area contributed by atoms with Crippen LogP contribution in [0.5, 0.6) is 5.75 Å². The zero-order chi connectivity index (χ0) is 18.8. The van der Waals surface area contributed by atoms with Gasteiger partial charge >= 0.3 is 0 Å². The van der Waals surface area contributed by atoms with Crippen LogP contribution in [0.3, 0.4) is 0 Å². The van der Waals surface area contributed by atoms with E-state index >= 15 is 0 Å². The molecule has 1 aromatic heterocycles. The zero-order valence-corrected chi connectivity index (χ0v) is 15.3. The van der Waals surface area contributed by atoms with E-state index in [0.717, 1.165) is 31.8 Å². The molecule has 1 aliphatic carbocycles. The van der Waals surface area contributed by atoms with Crippen LogP contribution in [0.15, 0.2) is 28.8 Å². The minimum absolute atomic E-state index is 0.0396. The summed E-state index contributed by atoms with van der Waals surface area (Å²) in [5.74, 6) is 2.04. The lowest BCUT2D eigenvalue weighted by molar-refractivity contribution is -0.135. The second kappa shape index (κ2) is 7.64. The van der Waals surface area contributed by atoms with Crippen LogP contribution in [-0.4, -0.2) is 58.6 Å². The molecule has 2 fully saturated rings. The molecule has 2 aromatic rings. The highest BCUT2D eigenvalue weighted by molar-refractivity contribution is 5.77. The van der Waals surface area contributed by atoms with E-state index in [1.165, 1.54) is 24.3 Å². The lowest BCUT2D eigenvalue weighted by atomic mass is 10.2. The topological polar surface area (TPSA) is 71.7 Å². The predicted molar refractivity (Wildman–Crippen MR) is 94.7 cm³/mol. The number of carbonyl (C=O) groups is 1. The van der Waals surface area contributed by atoms with Crippen LogP contribution in [0, 0.1) is 5.82 Å². The van der Waals surface area contributed by atoms with E-state index in [0.29, 0.717) is 30.6 Å². The first-order chi connectivity index (χ1) is 13.1. The average Bonchev–Trinajstić information content (AvgIpc) is 3.43. The number of hydrogen-bond acceptors (Lipinski definition) is 6. The molecule has 144 valence electrons. The molecule has 4 rings (SSSR count). The zero-order valence-electron chi connectivity index (χ0n) is 15.3. The van der Waals surface area contributed by atoms with E-state index in [1.807, 2.05) is 0 Å². The quantitative estimate of drug-likeness (QED) is 0.773. The summed E-state index contributed by atoms with van der Waals surface area (Å²) in [5.41, 5.74) is 0. The molecule has 1 unspecified atom stereocenters. The summed E-state index contributed by atoms with van der Waals surface area (Å²) in [6.07, 6.45) is 2.29. The Kier molecular flexibility index (Phi) is 5.07. The van der Waals surface area contributed by atoms with E-state index in [4.69, 9.17) is 9.26 Å². The van der Waals surface area contributed by atoms with Crippen molar-refractivity contribution in [2.24, 2.45) is 0 Å². The molecule has 0 spiro atoms. The number of rotatable bonds is 6. The number of aromatic nitrogens is 2. The fourth-order valence-electron chi connectivity index (χ4n) is 3.21. The van der Waals surface area contributed by atoms with Gasteiger partial charge in [-0.05, 0) is 44.0 Å². The monoisotopic (exact) mass is 374 g/mol. The van der Waals surface area contributed by atoms with Crippen molar-refractivity contribution < 1.29 is 18.4 Å². The third-order valence-corrected chi connectivity index (χ3v) is 5.15. The fourth-order valence-corrected chi connectivity index (χ4v) is 3.21. The number of benzene rings is 1. The van der Waals surface area contributed by atoms with Crippen molar-refractivity contribution in [1.82, 2.24) is 19.9 Å². The predicted octanol–water partition coefficient (Wildman–Crippen LogP) is 2.37. The molecular formula is C19H23FN4O3. The van der Waals surface area contributed by atoms with Crippen LogP contribution in [0.2, 0.25) is 0 Å². The molecule has 0 radical (unpaired) electrons. The number of carbonyl (C=O) groups excluding carboxylic acids is 1. The lowest BCUT2D eigenvalue weighted by Gasteiger charge is -2.36. The van der Waals surface area contributed by atoms with Crippen LogP contribution >= 0.6 is 0 Å². The molecule has 2 aliphatic rings. The maximum absolute atomic E-state index is 12.9. The van der Waals surface area contributed by atoms with E-state index in [1.54, 1.807) is 4.90 Å². The maximum atomic E-state index is 12.9. The third kappa shape index (κ3) is 4.27.